The summed E-state index contributed by atoms with van der Waals surface area (Å²) in [5, 5.41) is 0. The van der Waals surface area contributed by atoms with Crippen LogP contribution in [-0.4, -0.2) is 60.1 Å². The minimum Gasteiger partial charge on any atom is -0.377 e. The quantitative estimate of drug-likeness (QED) is 0.766. The number of ether oxygens (including phenoxy) is 1. The highest BCUT2D eigenvalue weighted by atomic mass is 16.5. The largest absolute Gasteiger partial charge is 0.377 e. The van der Waals surface area contributed by atoms with Gasteiger partial charge in [0.1, 0.15) is 6.61 Å². The van der Waals surface area contributed by atoms with Crippen LogP contribution < -0.4 is 0 Å². The molecule has 1 aromatic rings. The van der Waals surface area contributed by atoms with E-state index in [9.17, 15) is 0 Å². The van der Waals surface area contributed by atoms with E-state index >= 15 is 0 Å². The van der Waals surface area contributed by atoms with E-state index in [0.29, 0.717) is 12.6 Å². The Morgan fingerprint density at radius 2 is 2.00 bits per heavy atom. The Morgan fingerprint density at radius 3 is 2.57 bits per heavy atom. The first-order valence-corrected chi connectivity index (χ1v) is 7.81. The second-order valence-corrected chi connectivity index (χ2v) is 6.21. The van der Waals surface area contributed by atoms with Gasteiger partial charge in [-0.2, -0.15) is 0 Å². The lowest BCUT2D eigenvalue weighted by Gasteiger charge is -2.24. The van der Waals surface area contributed by atoms with Gasteiger partial charge in [-0.25, -0.2) is 9.97 Å². The van der Waals surface area contributed by atoms with Gasteiger partial charge in [-0.1, -0.05) is 13.3 Å². The summed E-state index contributed by atoms with van der Waals surface area (Å²) in [6.07, 6.45) is 6.43. The van der Waals surface area contributed by atoms with Crippen molar-refractivity contribution < 1.29 is 4.74 Å². The maximum absolute atomic E-state index is 5.04. The third-order valence-electron chi connectivity index (χ3n) is 4.24. The molecule has 0 spiro atoms. The van der Waals surface area contributed by atoms with Gasteiger partial charge in [0, 0.05) is 50.7 Å². The van der Waals surface area contributed by atoms with Crippen molar-refractivity contribution in [3.05, 3.63) is 23.8 Å². The average Bonchev–Trinajstić information content (AvgIpc) is 2.85. The van der Waals surface area contributed by atoms with Crippen molar-refractivity contribution in [2.24, 2.45) is 5.92 Å². The molecule has 1 saturated heterocycles. The third kappa shape index (κ3) is 4.46. The lowest BCUT2D eigenvalue weighted by atomic mass is 9.98. The molecular formula is C16H28N4O. The number of aromatic nitrogens is 2. The van der Waals surface area contributed by atoms with E-state index < -0.39 is 0 Å². The standard InChI is InChI=1S/C16H28N4O/c1-5-6-14-10-20(11-15(14)19(2)3)9-13-7-17-16(12-21-4)18-8-13/h7-8,14-15H,5-6,9-12H2,1-4H3/t14-,15-/m0/s1. The van der Waals surface area contributed by atoms with Crippen LogP contribution in [0.5, 0.6) is 0 Å². The molecule has 2 heterocycles. The molecule has 0 radical (unpaired) electrons. The molecule has 0 N–H and O–H groups in total. The number of likely N-dealkylation sites (tertiary alicyclic amines) is 1. The highest BCUT2D eigenvalue weighted by Gasteiger charge is 2.33. The summed E-state index contributed by atoms with van der Waals surface area (Å²) in [5.41, 5.74) is 1.18. The van der Waals surface area contributed by atoms with E-state index in [0.717, 1.165) is 24.8 Å². The third-order valence-corrected chi connectivity index (χ3v) is 4.24. The van der Waals surface area contributed by atoms with Crippen LogP contribution in [0.3, 0.4) is 0 Å². The molecule has 1 aromatic heterocycles. The van der Waals surface area contributed by atoms with E-state index in [1.54, 1.807) is 7.11 Å². The van der Waals surface area contributed by atoms with Gasteiger partial charge in [0.15, 0.2) is 5.82 Å². The molecule has 1 fully saturated rings. The van der Waals surface area contributed by atoms with Crippen molar-refractivity contribution in [3.63, 3.8) is 0 Å². The maximum atomic E-state index is 5.04. The fraction of sp³-hybridized carbons (Fsp3) is 0.750. The molecule has 5 nitrogen and oxygen atoms in total. The van der Waals surface area contributed by atoms with Crippen molar-refractivity contribution in [2.45, 2.75) is 39.0 Å². The first-order chi connectivity index (χ1) is 10.1. The molecule has 0 aromatic carbocycles. The predicted molar refractivity (Wildman–Crippen MR) is 83.9 cm³/mol. The topological polar surface area (TPSA) is 41.5 Å². The zero-order valence-corrected chi connectivity index (χ0v) is 13.7. The minimum absolute atomic E-state index is 0.477. The Kier molecular flexibility index (Phi) is 6.08. The lowest BCUT2D eigenvalue weighted by Crippen LogP contribution is -2.35. The normalized spacial score (nSPS) is 23.1. The van der Waals surface area contributed by atoms with Gasteiger partial charge in [0.05, 0.1) is 0 Å². The summed E-state index contributed by atoms with van der Waals surface area (Å²) < 4.78 is 5.04. The molecular weight excluding hydrogens is 264 g/mol. The minimum atomic E-state index is 0.477. The van der Waals surface area contributed by atoms with Crippen LogP contribution in [0.1, 0.15) is 31.2 Å². The number of likely N-dealkylation sites (N-methyl/N-ethyl adjacent to an activating group) is 1. The first-order valence-electron chi connectivity index (χ1n) is 7.81. The summed E-state index contributed by atoms with van der Waals surface area (Å²) in [6, 6.07) is 0.665. The molecule has 5 heteroatoms. The molecule has 118 valence electrons. The number of nitrogens with zero attached hydrogens (tertiary/aromatic N) is 4. The summed E-state index contributed by atoms with van der Waals surface area (Å²) >= 11 is 0. The van der Waals surface area contributed by atoms with Crippen LogP contribution in [0, 0.1) is 5.92 Å². The van der Waals surface area contributed by atoms with Gasteiger partial charge in [0.25, 0.3) is 0 Å². The summed E-state index contributed by atoms with van der Waals surface area (Å²) in [7, 11) is 6.05. The molecule has 0 saturated carbocycles. The average molecular weight is 292 g/mol. The number of methoxy groups -OCH3 is 1. The van der Waals surface area contributed by atoms with Gasteiger partial charge in [-0.05, 0) is 26.4 Å². The summed E-state index contributed by atoms with van der Waals surface area (Å²) in [6.45, 7) is 6.01. The van der Waals surface area contributed by atoms with E-state index in [1.165, 1.54) is 24.9 Å². The van der Waals surface area contributed by atoms with Crippen molar-refractivity contribution in [1.29, 1.82) is 0 Å². The van der Waals surface area contributed by atoms with Crippen LogP contribution in [-0.2, 0) is 17.9 Å². The second kappa shape index (κ2) is 7.82. The first kappa shape index (κ1) is 16.3. The SMILES string of the molecule is CCC[C@H]1CN(Cc2cnc(COC)nc2)C[C@@H]1N(C)C. The molecule has 0 unspecified atom stereocenters. The zero-order valence-electron chi connectivity index (χ0n) is 13.7. The lowest BCUT2D eigenvalue weighted by molar-refractivity contribution is 0.177. The molecule has 1 aliphatic heterocycles. The Labute approximate surface area is 128 Å². The van der Waals surface area contributed by atoms with E-state index in [-0.39, 0.29) is 0 Å². The van der Waals surface area contributed by atoms with Crippen molar-refractivity contribution in [3.8, 4) is 0 Å². The fourth-order valence-electron chi connectivity index (χ4n) is 3.23. The molecule has 21 heavy (non-hydrogen) atoms. The number of rotatable bonds is 7. The second-order valence-electron chi connectivity index (χ2n) is 6.21. The predicted octanol–water partition coefficient (Wildman–Crippen LogP) is 1.79. The van der Waals surface area contributed by atoms with Crippen molar-refractivity contribution in [2.75, 3.05) is 34.3 Å². The monoisotopic (exact) mass is 292 g/mol. The molecule has 1 aliphatic rings. The van der Waals surface area contributed by atoms with E-state index in [2.05, 4.69) is 40.8 Å². The smallest absolute Gasteiger partial charge is 0.153 e. The number of hydrogen-bond acceptors (Lipinski definition) is 5. The van der Waals surface area contributed by atoms with Crippen LogP contribution in [0.4, 0.5) is 0 Å². The van der Waals surface area contributed by atoms with Crippen LogP contribution in [0.2, 0.25) is 0 Å². The van der Waals surface area contributed by atoms with E-state index in [1.807, 2.05) is 12.4 Å². The Bertz CT molecular complexity index is 421. The van der Waals surface area contributed by atoms with E-state index in [4.69, 9.17) is 4.74 Å². The Hall–Kier alpha value is -1.04. The van der Waals surface area contributed by atoms with Crippen molar-refractivity contribution >= 4 is 0 Å². The highest BCUT2D eigenvalue weighted by molar-refractivity contribution is 5.06. The van der Waals surface area contributed by atoms with Gasteiger partial charge < -0.3 is 9.64 Å². The fourth-order valence-corrected chi connectivity index (χ4v) is 3.23. The summed E-state index contributed by atoms with van der Waals surface area (Å²) in [5.74, 6) is 1.52. The number of hydrogen-bond donors (Lipinski definition) is 0. The van der Waals surface area contributed by atoms with Crippen molar-refractivity contribution in [1.82, 2.24) is 19.8 Å². The zero-order chi connectivity index (χ0) is 15.2. The molecule has 0 bridgehead atoms. The van der Waals surface area contributed by atoms with Crippen LogP contribution in [0.15, 0.2) is 12.4 Å². The van der Waals surface area contributed by atoms with Gasteiger partial charge in [-0.3, -0.25) is 4.90 Å². The summed E-state index contributed by atoms with van der Waals surface area (Å²) in [4.78, 5) is 13.6. The van der Waals surface area contributed by atoms with Gasteiger partial charge in [0.2, 0.25) is 0 Å². The molecule has 2 rings (SSSR count). The van der Waals surface area contributed by atoms with Gasteiger partial charge in [-0.15, -0.1) is 0 Å². The van der Waals surface area contributed by atoms with Crippen LogP contribution in [0.25, 0.3) is 0 Å². The van der Waals surface area contributed by atoms with Gasteiger partial charge >= 0.3 is 0 Å². The Balaban J connectivity index is 1.93. The molecule has 2 atom stereocenters. The Morgan fingerprint density at radius 1 is 1.29 bits per heavy atom. The molecule has 0 aliphatic carbocycles. The van der Waals surface area contributed by atoms with Crippen LogP contribution >= 0.6 is 0 Å². The molecule has 0 amide bonds. The maximum Gasteiger partial charge on any atom is 0.153 e. The highest BCUT2D eigenvalue weighted by Crippen LogP contribution is 2.25.